The van der Waals surface area contributed by atoms with E-state index in [9.17, 15) is 24.8 Å². The van der Waals surface area contributed by atoms with Crippen molar-refractivity contribution >= 4 is 17.6 Å². The molecule has 0 saturated heterocycles. The Bertz CT molecular complexity index is 585. The zero-order valence-corrected chi connectivity index (χ0v) is 12.2. The zero-order chi connectivity index (χ0) is 16.2. The number of rotatable bonds is 6. The second kappa shape index (κ2) is 6.34. The first-order valence-corrected chi connectivity index (χ1v) is 6.53. The maximum atomic E-state index is 12.2. The highest BCUT2D eigenvalue weighted by molar-refractivity contribution is 5.99. The Morgan fingerprint density at radius 2 is 2.05 bits per heavy atom. The van der Waals surface area contributed by atoms with E-state index in [0.717, 1.165) is 0 Å². The van der Waals surface area contributed by atoms with Gasteiger partial charge >= 0.3 is 5.97 Å². The van der Waals surface area contributed by atoms with Crippen molar-refractivity contribution in [2.45, 2.75) is 39.2 Å². The number of carboxylic acids is 1. The smallest absolute Gasteiger partial charge is 0.329 e. The molecule has 0 bridgehead atoms. The number of carbonyl (C=O) groups is 2. The minimum Gasteiger partial charge on any atom is -0.480 e. The van der Waals surface area contributed by atoms with E-state index in [1.54, 1.807) is 0 Å². The van der Waals surface area contributed by atoms with Crippen molar-refractivity contribution in [3.8, 4) is 0 Å². The Labute approximate surface area is 122 Å². The van der Waals surface area contributed by atoms with Gasteiger partial charge in [0.2, 0.25) is 0 Å². The number of aliphatic carboxylic acids is 1. The summed E-state index contributed by atoms with van der Waals surface area (Å²) >= 11 is 0. The van der Waals surface area contributed by atoms with Crippen molar-refractivity contribution in [1.82, 2.24) is 5.32 Å². The third-order valence-corrected chi connectivity index (χ3v) is 3.36. The van der Waals surface area contributed by atoms with Gasteiger partial charge in [-0.25, -0.2) is 4.79 Å². The number of nitrogens with zero attached hydrogens (tertiary/aromatic N) is 1. The molecule has 2 N–H and O–H groups in total. The highest BCUT2D eigenvalue weighted by Gasteiger charge is 2.34. The number of carbonyl (C=O) groups excluding carboxylic acids is 1. The summed E-state index contributed by atoms with van der Waals surface area (Å²) in [7, 11) is 0. The number of nitro benzene ring substituents is 1. The topological polar surface area (TPSA) is 110 Å². The largest absolute Gasteiger partial charge is 0.480 e. The molecule has 0 aromatic heterocycles. The van der Waals surface area contributed by atoms with Crippen LogP contribution in [0.3, 0.4) is 0 Å². The zero-order valence-electron chi connectivity index (χ0n) is 12.2. The van der Waals surface area contributed by atoms with E-state index in [0.29, 0.717) is 6.42 Å². The number of amides is 1. The van der Waals surface area contributed by atoms with Crippen LogP contribution in [0.25, 0.3) is 0 Å². The Morgan fingerprint density at radius 3 is 2.52 bits per heavy atom. The Morgan fingerprint density at radius 1 is 1.43 bits per heavy atom. The Balaban J connectivity index is 3.12. The minimum absolute atomic E-state index is 0.104. The summed E-state index contributed by atoms with van der Waals surface area (Å²) in [6, 6.07) is 4.14. The Hall–Kier alpha value is -2.44. The molecule has 0 radical (unpaired) electrons. The predicted molar refractivity (Wildman–Crippen MR) is 76.2 cm³/mol. The maximum absolute atomic E-state index is 12.2. The van der Waals surface area contributed by atoms with Gasteiger partial charge in [-0.1, -0.05) is 19.4 Å². The highest BCUT2D eigenvalue weighted by atomic mass is 16.6. The number of nitro groups is 1. The van der Waals surface area contributed by atoms with Gasteiger partial charge in [-0.15, -0.1) is 0 Å². The molecule has 7 nitrogen and oxygen atoms in total. The Kier molecular flexibility index (Phi) is 5.02. The van der Waals surface area contributed by atoms with E-state index >= 15 is 0 Å². The molecule has 0 aliphatic carbocycles. The molecule has 0 aliphatic heterocycles. The maximum Gasteiger partial charge on any atom is 0.329 e. The van der Waals surface area contributed by atoms with Crippen LogP contribution >= 0.6 is 0 Å². The lowest BCUT2D eigenvalue weighted by Crippen LogP contribution is -2.52. The van der Waals surface area contributed by atoms with Crippen molar-refractivity contribution in [1.29, 1.82) is 0 Å². The van der Waals surface area contributed by atoms with Crippen LogP contribution in [0.2, 0.25) is 0 Å². The van der Waals surface area contributed by atoms with Crippen LogP contribution in [0.15, 0.2) is 18.2 Å². The molecule has 0 heterocycles. The van der Waals surface area contributed by atoms with Gasteiger partial charge in [-0.3, -0.25) is 14.9 Å². The van der Waals surface area contributed by atoms with Crippen LogP contribution < -0.4 is 5.32 Å². The van der Waals surface area contributed by atoms with Gasteiger partial charge in [-0.2, -0.15) is 0 Å². The van der Waals surface area contributed by atoms with Crippen LogP contribution in [0, 0.1) is 17.0 Å². The van der Waals surface area contributed by atoms with Gasteiger partial charge in [0, 0.05) is 17.2 Å². The molecular formula is C14H18N2O5. The molecule has 1 aromatic rings. The van der Waals surface area contributed by atoms with Gasteiger partial charge in [-0.05, 0) is 26.3 Å². The molecule has 7 heteroatoms. The second-order valence-electron chi connectivity index (χ2n) is 5.05. The molecule has 0 aliphatic rings. The van der Waals surface area contributed by atoms with Crippen LogP contribution in [0.1, 0.15) is 42.6 Å². The average Bonchev–Trinajstić information content (AvgIpc) is 2.38. The summed E-state index contributed by atoms with van der Waals surface area (Å²) in [4.78, 5) is 33.9. The normalized spacial score (nSPS) is 13.3. The molecule has 0 saturated carbocycles. The van der Waals surface area contributed by atoms with Crippen molar-refractivity contribution in [3.63, 3.8) is 0 Å². The average molecular weight is 294 g/mol. The number of carboxylic acid groups (broad SMARTS) is 1. The molecule has 1 amide bonds. The van der Waals surface area contributed by atoms with Crippen molar-refractivity contribution < 1.29 is 19.6 Å². The molecule has 1 unspecified atom stereocenters. The van der Waals surface area contributed by atoms with Gasteiger partial charge in [0.15, 0.2) is 0 Å². The number of benzene rings is 1. The fraction of sp³-hybridized carbons (Fsp3) is 0.429. The monoisotopic (exact) mass is 294 g/mol. The summed E-state index contributed by atoms with van der Waals surface area (Å²) in [5.74, 6) is -1.77. The van der Waals surface area contributed by atoms with Gasteiger partial charge in [0.25, 0.3) is 11.6 Å². The summed E-state index contributed by atoms with van der Waals surface area (Å²) < 4.78 is 0. The number of hydrogen-bond acceptors (Lipinski definition) is 4. The third kappa shape index (κ3) is 3.56. The van der Waals surface area contributed by atoms with Crippen LogP contribution in [-0.4, -0.2) is 27.4 Å². The quantitative estimate of drug-likeness (QED) is 0.617. The van der Waals surface area contributed by atoms with Gasteiger partial charge < -0.3 is 10.4 Å². The first kappa shape index (κ1) is 16.6. The first-order chi connectivity index (χ1) is 9.73. The van der Waals surface area contributed by atoms with Crippen molar-refractivity contribution in [2.24, 2.45) is 0 Å². The summed E-state index contributed by atoms with van der Waals surface area (Å²) in [5, 5.41) is 22.6. The number of nitrogens with one attached hydrogen (secondary N) is 1. The summed E-state index contributed by atoms with van der Waals surface area (Å²) in [5.41, 5.74) is -1.25. The lowest BCUT2D eigenvalue weighted by molar-refractivity contribution is -0.385. The predicted octanol–water partition coefficient (Wildman–Crippen LogP) is 2.28. The van der Waals surface area contributed by atoms with E-state index in [4.69, 9.17) is 0 Å². The first-order valence-electron chi connectivity index (χ1n) is 6.53. The fourth-order valence-electron chi connectivity index (χ4n) is 2.11. The lowest BCUT2D eigenvalue weighted by atomic mass is 9.95. The van der Waals surface area contributed by atoms with E-state index < -0.39 is 22.3 Å². The molecule has 1 aromatic carbocycles. The summed E-state index contributed by atoms with van der Waals surface area (Å²) in [6.45, 7) is 4.69. The second-order valence-corrected chi connectivity index (χ2v) is 5.05. The van der Waals surface area contributed by atoms with E-state index in [1.165, 1.54) is 32.0 Å². The SMILES string of the molecule is CCCC(C)(NC(=O)c1cccc([N+](=O)[O-])c1C)C(=O)O. The van der Waals surface area contributed by atoms with Crippen LogP contribution in [0.4, 0.5) is 5.69 Å². The standard InChI is InChI=1S/C14H18N2O5/c1-4-8-14(3,13(18)19)15-12(17)10-6-5-7-11(9(10)2)16(20)21/h5-7H,4,8H2,1-3H3,(H,15,17)(H,18,19). The third-order valence-electron chi connectivity index (χ3n) is 3.36. The van der Waals surface area contributed by atoms with Crippen molar-refractivity contribution in [3.05, 3.63) is 39.4 Å². The molecule has 1 atom stereocenters. The van der Waals surface area contributed by atoms with Gasteiger partial charge in [0.1, 0.15) is 5.54 Å². The van der Waals surface area contributed by atoms with Crippen molar-refractivity contribution in [2.75, 3.05) is 0 Å². The molecule has 114 valence electrons. The van der Waals surface area contributed by atoms with Crippen LogP contribution in [0.5, 0.6) is 0 Å². The summed E-state index contributed by atoms with van der Waals surface area (Å²) in [6.07, 6.45) is 0.846. The van der Waals surface area contributed by atoms with E-state index in [-0.39, 0.29) is 23.2 Å². The minimum atomic E-state index is -1.40. The lowest BCUT2D eigenvalue weighted by Gasteiger charge is -2.26. The van der Waals surface area contributed by atoms with Gasteiger partial charge in [0.05, 0.1) is 4.92 Å². The molecule has 0 fully saturated rings. The fourth-order valence-corrected chi connectivity index (χ4v) is 2.11. The molecule has 1 rings (SSSR count). The molecule has 0 spiro atoms. The molecule has 21 heavy (non-hydrogen) atoms. The van der Waals surface area contributed by atoms with E-state index in [1.807, 2.05) is 6.92 Å². The van der Waals surface area contributed by atoms with Crippen LogP contribution in [-0.2, 0) is 4.79 Å². The molecular weight excluding hydrogens is 276 g/mol. The number of hydrogen-bond donors (Lipinski definition) is 2. The highest BCUT2D eigenvalue weighted by Crippen LogP contribution is 2.22. The van der Waals surface area contributed by atoms with E-state index in [2.05, 4.69) is 5.32 Å².